The van der Waals surface area contributed by atoms with Gasteiger partial charge in [-0.2, -0.15) is 5.10 Å². The summed E-state index contributed by atoms with van der Waals surface area (Å²) in [6.07, 6.45) is 0. The summed E-state index contributed by atoms with van der Waals surface area (Å²) in [4.78, 5) is 11.6. The lowest BCUT2D eigenvalue weighted by Gasteiger charge is -2.05. The fourth-order valence-electron chi connectivity index (χ4n) is 1.25. The van der Waals surface area contributed by atoms with Gasteiger partial charge in [-0.1, -0.05) is 6.07 Å². The number of nitrogens with one attached hydrogen (secondary N) is 2. The van der Waals surface area contributed by atoms with Crippen molar-refractivity contribution in [2.75, 3.05) is 11.1 Å². The number of anilines is 2. The van der Waals surface area contributed by atoms with Crippen LogP contribution in [0.25, 0.3) is 0 Å². The van der Waals surface area contributed by atoms with Crippen LogP contribution in [0.15, 0.2) is 24.3 Å². The van der Waals surface area contributed by atoms with Crippen LogP contribution >= 0.6 is 0 Å². The Morgan fingerprint density at radius 2 is 2.00 bits per heavy atom. The molecule has 0 unspecified atom stereocenters. The number of nitrogens with zero attached hydrogens (tertiary/aromatic N) is 1. The van der Waals surface area contributed by atoms with Crippen LogP contribution in [-0.2, 0) is 0 Å². The quantitative estimate of drug-likeness (QED) is 0.741. The van der Waals surface area contributed by atoms with Crippen molar-refractivity contribution >= 4 is 17.4 Å². The van der Waals surface area contributed by atoms with E-state index in [1.165, 1.54) is 12.1 Å². The summed E-state index contributed by atoms with van der Waals surface area (Å²) in [6.45, 7) is 0. The van der Waals surface area contributed by atoms with E-state index in [2.05, 4.69) is 15.5 Å². The van der Waals surface area contributed by atoms with E-state index in [1.54, 1.807) is 0 Å². The number of carbonyl (C=O) groups excluding carboxylic acids is 1. The smallest absolute Gasteiger partial charge is 0.273 e. The second-order valence-corrected chi connectivity index (χ2v) is 3.26. The van der Waals surface area contributed by atoms with Crippen LogP contribution in [0.4, 0.5) is 20.3 Å². The second-order valence-electron chi connectivity index (χ2n) is 3.26. The molecule has 2 aromatic rings. The van der Waals surface area contributed by atoms with Crippen molar-refractivity contribution in [3.05, 3.63) is 41.6 Å². The Bertz CT molecular complexity index is 547. The van der Waals surface area contributed by atoms with Crippen LogP contribution in [0, 0.1) is 11.6 Å². The zero-order valence-electron chi connectivity index (χ0n) is 8.50. The highest BCUT2D eigenvalue weighted by Crippen LogP contribution is 2.18. The molecule has 7 heteroatoms. The molecule has 0 fully saturated rings. The summed E-state index contributed by atoms with van der Waals surface area (Å²) in [5.74, 6) is -2.32. The molecule has 0 spiro atoms. The number of rotatable bonds is 2. The third-order valence-electron chi connectivity index (χ3n) is 2.04. The van der Waals surface area contributed by atoms with Gasteiger partial charge >= 0.3 is 0 Å². The van der Waals surface area contributed by atoms with Crippen LogP contribution in [0.3, 0.4) is 0 Å². The Morgan fingerprint density at radius 3 is 2.53 bits per heavy atom. The van der Waals surface area contributed by atoms with E-state index in [4.69, 9.17) is 5.73 Å². The predicted molar refractivity (Wildman–Crippen MR) is 57.3 cm³/mol. The Kier molecular flexibility index (Phi) is 2.73. The maximum absolute atomic E-state index is 13.2. The molecular weight excluding hydrogens is 230 g/mol. The molecule has 4 N–H and O–H groups in total. The molecule has 0 saturated heterocycles. The third kappa shape index (κ3) is 2.22. The van der Waals surface area contributed by atoms with E-state index in [0.29, 0.717) is 0 Å². The number of amides is 1. The Labute approximate surface area is 94.6 Å². The first-order valence-electron chi connectivity index (χ1n) is 4.64. The van der Waals surface area contributed by atoms with Crippen LogP contribution in [0.5, 0.6) is 0 Å². The first-order valence-corrected chi connectivity index (χ1v) is 4.64. The van der Waals surface area contributed by atoms with E-state index in [9.17, 15) is 13.6 Å². The minimum absolute atomic E-state index is 0.0187. The summed E-state index contributed by atoms with van der Waals surface area (Å²) in [7, 11) is 0. The van der Waals surface area contributed by atoms with Crippen molar-refractivity contribution in [3.63, 3.8) is 0 Å². The van der Waals surface area contributed by atoms with Crippen molar-refractivity contribution in [2.45, 2.75) is 0 Å². The number of aromatic amines is 1. The average Bonchev–Trinajstić information content (AvgIpc) is 2.70. The number of nitrogens with two attached hydrogens (primary N) is 1. The standard InChI is InChI=1S/C10H8F2N4O/c11-5-2-1-3-6(12)9(5)14-10(17)7-4-8(13)16-15-7/h1-4H,(H,14,17)(H3,13,15,16). The number of nitrogen functional groups attached to an aromatic ring is 1. The van der Waals surface area contributed by atoms with Gasteiger partial charge < -0.3 is 11.1 Å². The minimum Gasteiger partial charge on any atom is -0.382 e. The summed E-state index contributed by atoms with van der Waals surface area (Å²) in [5, 5.41) is 7.95. The molecule has 5 nitrogen and oxygen atoms in total. The van der Waals surface area contributed by atoms with Crippen LogP contribution in [0.2, 0.25) is 0 Å². The molecule has 0 aliphatic rings. The Hall–Kier alpha value is -2.44. The summed E-state index contributed by atoms with van der Waals surface area (Å²) in [6, 6.07) is 4.54. The lowest BCUT2D eigenvalue weighted by atomic mass is 10.2. The molecular formula is C10H8F2N4O. The number of benzene rings is 1. The number of hydrogen-bond donors (Lipinski definition) is 3. The molecule has 0 aliphatic heterocycles. The first-order chi connectivity index (χ1) is 8.08. The number of H-pyrrole nitrogens is 1. The molecule has 0 radical (unpaired) electrons. The number of halogens is 2. The fourth-order valence-corrected chi connectivity index (χ4v) is 1.25. The lowest BCUT2D eigenvalue weighted by Crippen LogP contribution is -2.14. The normalized spacial score (nSPS) is 10.2. The van der Waals surface area contributed by atoms with Gasteiger partial charge in [0.15, 0.2) is 0 Å². The van der Waals surface area contributed by atoms with Gasteiger partial charge in [0.25, 0.3) is 5.91 Å². The lowest BCUT2D eigenvalue weighted by molar-refractivity contribution is 0.102. The van der Waals surface area contributed by atoms with E-state index < -0.39 is 23.2 Å². The number of carbonyl (C=O) groups is 1. The van der Waals surface area contributed by atoms with E-state index in [1.807, 2.05) is 0 Å². The van der Waals surface area contributed by atoms with Crippen LogP contribution < -0.4 is 11.1 Å². The fraction of sp³-hybridized carbons (Fsp3) is 0. The molecule has 1 heterocycles. The van der Waals surface area contributed by atoms with Crippen molar-refractivity contribution in [1.29, 1.82) is 0 Å². The van der Waals surface area contributed by atoms with E-state index in [-0.39, 0.29) is 11.5 Å². The zero-order chi connectivity index (χ0) is 12.4. The SMILES string of the molecule is Nc1cc(C(=O)Nc2c(F)cccc2F)[nH]n1. The Balaban J connectivity index is 2.24. The average molecular weight is 238 g/mol. The molecule has 1 aromatic carbocycles. The molecule has 1 aromatic heterocycles. The highest BCUT2D eigenvalue weighted by molar-refractivity contribution is 6.03. The molecule has 0 atom stereocenters. The molecule has 0 aliphatic carbocycles. The first kappa shape index (κ1) is 11.1. The van der Waals surface area contributed by atoms with Crippen LogP contribution in [0.1, 0.15) is 10.5 Å². The largest absolute Gasteiger partial charge is 0.382 e. The highest BCUT2D eigenvalue weighted by Gasteiger charge is 2.14. The summed E-state index contributed by atoms with van der Waals surface area (Å²) in [5.41, 5.74) is 4.81. The monoisotopic (exact) mass is 238 g/mol. The van der Waals surface area contributed by atoms with Gasteiger partial charge in [0.1, 0.15) is 28.8 Å². The van der Waals surface area contributed by atoms with Gasteiger partial charge in [-0.15, -0.1) is 0 Å². The number of aromatic nitrogens is 2. The molecule has 2 rings (SSSR count). The molecule has 88 valence electrons. The van der Waals surface area contributed by atoms with E-state index in [0.717, 1.165) is 12.1 Å². The molecule has 1 amide bonds. The summed E-state index contributed by atoms with van der Waals surface area (Å²) < 4.78 is 26.5. The van der Waals surface area contributed by atoms with Crippen LogP contribution in [-0.4, -0.2) is 16.1 Å². The molecule has 17 heavy (non-hydrogen) atoms. The number of para-hydroxylation sites is 1. The number of hydrogen-bond acceptors (Lipinski definition) is 3. The summed E-state index contributed by atoms with van der Waals surface area (Å²) >= 11 is 0. The molecule has 0 saturated carbocycles. The zero-order valence-corrected chi connectivity index (χ0v) is 8.50. The second kappa shape index (κ2) is 4.20. The highest BCUT2D eigenvalue weighted by atomic mass is 19.1. The topological polar surface area (TPSA) is 83.8 Å². The predicted octanol–water partition coefficient (Wildman–Crippen LogP) is 1.52. The van der Waals surface area contributed by atoms with E-state index >= 15 is 0 Å². The Morgan fingerprint density at radius 1 is 1.35 bits per heavy atom. The minimum atomic E-state index is -0.856. The van der Waals surface area contributed by atoms with Crippen molar-refractivity contribution in [1.82, 2.24) is 10.2 Å². The third-order valence-corrected chi connectivity index (χ3v) is 2.04. The molecule has 0 bridgehead atoms. The van der Waals surface area contributed by atoms with Crippen molar-refractivity contribution in [2.24, 2.45) is 0 Å². The van der Waals surface area contributed by atoms with Crippen molar-refractivity contribution in [3.8, 4) is 0 Å². The van der Waals surface area contributed by atoms with Gasteiger partial charge in [0.05, 0.1) is 0 Å². The van der Waals surface area contributed by atoms with Crippen molar-refractivity contribution < 1.29 is 13.6 Å². The van der Waals surface area contributed by atoms with Gasteiger partial charge in [0.2, 0.25) is 0 Å². The van der Waals surface area contributed by atoms with Gasteiger partial charge in [0, 0.05) is 6.07 Å². The maximum Gasteiger partial charge on any atom is 0.273 e. The van der Waals surface area contributed by atoms with Gasteiger partial charge in [-0.3, -0.25) is 9.89 Å². The van der Waals surface area contributed by atoms with Gasteiger partial charge in [-0.05, 0) is 12.1 Å². The van der Waals surface area contributed by atoms with Gasteiger partial charge in [-0.25, -0.2) is 8.78 Å². The maximum atomic E-state index is 13.2.